The van der Waals surface area contributed by atoms with Gasteiger partial charge in [0.1, 0.15) is 5.03 Å². The molecule has 0 saturated heterocycles. The number of halogens is 4. The zero-order chi connectivity index (χ0) is 20.1. The van der Waals surface area contributed by atoms with E-state index in [0.717, 1.165) is 28.7 Å². The first-order valence-electron chi connectivity index (χ1n) is 8.29. The lowest BCUT2D eigenvalue weighted by atomic mass is 10.1. The molecule has 1 amide bonds. The third kappa shape index (κ3) is 5.14. The normalized spacial score (nSPS) is 11.6. The van der Waals surface area contributed by atoms with Crippen molar-refractivity contribution in [3.05, 3.63) is 64.9 Å². The van der Waals surface area contributed by atoms with E-state index in [1.54, 1.807) is 6.20 Å². The second kappa shape index (κ2) is 8.79. The maximum atomic E-state index is 12.6. The summed E-state index contributed by atoms with van der Waals surface area (Å²) in [5.41, 5.74) is 0.727. The van der Waals surface area contributed by atoms with E-state index < -0.39 is 11.7 Å². The summed E-state index contributed by atoms with van der Waals surface area (Å²) in [6, 6.07) is 10.3. The molecule has 0 spiro atoms. The van der Waals surface area contributed by atoms with E-state index in [0.29, 0.717) is 17.3 Å². The summed E-state index contributed by atoms with van der Waals surface area (Å²) in [6.07, 6.45) is -1.86. The van der Waals surface area contributed by atoms with Crippen LogP contribution in [0.1, 0.15) is 11.1 Å². The highest BCUT2D eigenvalue weighted by molar-refractivity contribution is 7.99. The highest BCUT2D eigenvalue weighted by atomic mass is 35.5. The van der Waals surface area contributed by atoms with Crippen molar-refractivity contribution >= 4 is 40.2 Å². The number of nitrogens with zero attached hydrogens (tertiary/aromatic N) is 2. The number of thioether (sulfide) groups is 1. The lowest BCUT2D eigenvalue weighted by Crippen LogP contribution is -2.27. The number of aromatic nitrogens is 2. The predicted molar refractivity (Wildman–Crippen MR) is 103 cm³/mol. The van der Waals surface area contributed by atoms with Gasteiger partial charge in [0.15, 0.2) is 0 Å². The lowest BCUT2D eigenvalue weighted by Gasteiger charge is -2.09. The van der Waals surface area contributed by atoms with Gasteiger partial charge < -0.3 is 5.32 Å². The second-order valence-electron chi connectivity index (χ2n) is 5.88. The van der Waals surface area contributed by atoms with Crippen LogP contribution in [-0.2, 0) is 17.4 Å². The molecule has 0 aliphatic carbocycles. The van der Waals surface area contributed by atoms with Crippen molar-refractivity contribution in [2.45, 2.75) is 17.6 Å². The molecule has 0 atom stereocenters. The fourth-order valence-corrected chi connectivity index (χ4v) is 3.62. The first kappa shape index (κ1) is 20.4. The molecule has 0 bridgehead atoms. The maximum Gasteiger partial charge on any atom is 0.417 e. The number of fused-ring (bicyclic) bond motifs is 1. The summed E-state index contributed by atoms with van der Waals surface area (Å²) < 4.78 is 37.8. The molecule has 2 heterocycles. The minimum absolute atomic E-state index is 0.0621. The van der Waals surface area contributed by atoms with Crippen LogP contribution in [-0.4, -0.2) is 28.2 Å². The van der Waals surface area contributed by atoms with Crippen LogP contribution >= 0.6 is 23.4 Å². The Balaban J connectivity index is 1.51. The van der Waals surface area contributed by atoms with Crippen LogP contribution in [0, 0.1) is 0 Å². The zero-order valence-electron chi connectivity index (χ0n) is 14.5. The van der Waals surface area contributed by atoms with Gasteiger partial charge in [0, 0.05) is 30.1 Å². The van der Waals surface area contributed by atoms with E-state index in [-0.39, 0.29) is 17.4 Å². The molecule has 146 valence electrons. The minimum atomic E-state index is -4.48. The summed E-state index contributed by atoms with van der Waals surface area (Å²) >= 11 is 7.04. The van der Waals surface area contributed by atoms with E-state index in [1.807, 2.05) is 30.3 Å². The summed E-state index contributed by atoms with van der Waals surface area (Å²) in [5, 5.41) is 3.98. The molecule has 1 N–H and O–H groups in total. The van der Waals surface area contributed by atoms with Crippen LogP contribution in [0.15, 0.2) is 53.8 Å². The maximum absolute atomic E-state index is 12.6. The van der Waals surface area contributed by atoms with E-state index in [4.69, 9.17) is 11.6 Å². The van der Waals surface area contributed by atoms with E-state index >= 15 is 0 Å². The molecule has 0 aliphatic heterocycles. The molecular weight excluding hydrogens is 411 g/mol. The fourth-order valence-electron chi connectivity index (χ4n) is 2.57. The molecular formula is C19H15ClF3N3OS. The van der Waals surface area contributed by atoms with Gasteiger partial charge in [0.05, 0.1) is 22.5 Å². The topological polar surface area (TPSA) is 54.9 Å². The molecule has 0 aliphatic rings. The monoisotopic (exact) mass is 425 g/mol. The Morgan fingerprint density at radius 2 is 1.96 bits per heavy atom. The zero-order valence-corrected chi connectivity index (χ0v) is 16.0. The van der Waals surface area contributed by atoms with Crippen molar-refractivity contribution in [3.63, 3.8) is 0 Å². The number of benzene rings is 1. The Morgan fingerprint density at radius 1 is 1.18 bits per heavy atom. The van der Waals surface area contributed by atoms with Gasteiger partial charge in [-0.05, 0) is 17.7 Å². The Hall–Kier alpha value is -2.32. The van der Waals surface area contributed by atoms with Crippen LogP contribution < -0.4 is 5.32 Å². The average Bonchev–Trinajstić information content (AvgIpc) is 2.66. The van der Waals surface area contributed by atoms with Crippen LogP contribution in [0.4, 0.5) is 13.2 Å². The highest BCUT2D eigenvalue weighted by Crippen LogP contribution is 2.33. The van der Waals surface area contributed by atoms with Crippen LogP contribution in [0.5, 0.6) is 0 Å². The number of para-hydroxylation sites is 1. The highest BCUT2D eigenvalue weighted by Gasteiger charge is 2.31. The van der Waals surface area contributed by atoms with Crippen LogP contribution in [0.25, 0.3) is 10.9 Å². The Labute approximate surface area is 168 Å². The summed E-state index contributed by atoms with van der Waals surface area (Å²) in [6.45, 7) is 0.334. The predicted octanol–water partition coefficient (Wildman–Crippen LogP) is 4.75. The molecule has 0 unspecified atom stereocenters. The third-order valence-electron chi connectivity index (χ3n) is 3.87. The van der Waals surface area contributed by atoms with Crippen LogP contribution in [0.3, 0.4) is 0 Å². The number of rotatable bonds is 6. The molecule has 4 nitrogen and oxygen atoms in total. The minimum Gasteiger partial charge on any atom is -0.355 e. The quantitative estimate of drug-likeness (QED) is 0.457. The molecule has 9 heteroatoms. The summed E-state index contributed by atoms with van der Waals surface area (Å²) in [5.74, 6) is 0.266. The second-order valence-corrected chi connectivity index (χ2v) is 7.37. The molecule has 0 fully saturated rings. The van der Waals surface area contributed by atoms with Gasteiger partial charge in [-0.3, -0.25) is 9.78 Å². The lowest BCUT2D eigenvalue weighted by molar-refractivity contribution is -0.137. The average molecular weight is 426 g/mol. The van der Waals surface area contributed by atoms with Gasteiger partial charge in [0.25, 0.3) is 0 Å². The number of amides is 1. The van der Waals surface area contributed by atoms with Crippen LogP contribution in [0.2, 0.25) is 5.02 Å². The summed E-state index contributed by atoms with van der Waals surface area (Å²) in [7, 11) is 0. The molecule has 0 radical (unpaired) electrons. The Bertz CT molecular complexity index is 992. The van der Waals surface area contributed by atoms with Gasteiger partial charge in [-0.15, -0.1) is 11.8 Å². The number of carbonyl (C=O) groups is 1. The van der Waals surface area contributed by atoms with Gasteiger partial charge in [0.2, 0.25) is 5.91 Å². The number of pyridine rings is 2. The number of alkyl halides is 3. The standard InChI is InChI=1S/C19H15ClF3N3OS/c20-15-10-14(19(21,22)23)11-26-18(15)28-8-7-24-16(27)9-13-4-1-3-12-5-2-6-25-17(12)13/h1-6,10-11H,7-9H2,(H,24,27). The largest absolute Gasteiger partial charge is 0.417 e. The van der Waals surface area contributed by atoms with E-state index in [1.165, 1.54) is 11.8 Å². The molecule has 1 aromatic carbocycles. The molecule has 2 aromatic heterocycles. The van der Waals surface area contributed by atoms with E-state index in [2.05, 4.69) is 15.3 Å². The van der Waals surface area contributed by atoms with E-state index in [9.17, 15) is 18.0 Å². The molecule has 3 aromatic rings. The molecule has 28 heavy (non-hydrogen) atoms. The molecule has 3 rings (SSSR count). The van der Waals surface area contributed by atoms with Gasteiger partial charge in [-0.2, -0.15) is 13.2 Å². The van der Waals surface area contributed by atoms with Crippen molar-refractivity contribution in [2.75, 3.05) is 12.3 Å². The van der Waals surface area contributed by atoms with Gasteiger partial charge in [-0.1, -0.05) is 35.9 Å². The van der Waals surface area contributed by atoms with Gasteiger partial charge in [-0.25, -0.2) is 4.98 Å². The summed E-state index contributed by atoms with van der Waals surface area (Å²) in [4.78, 5) is 20.2. The number of nitrogens with one attached hydrogen (secondary N) is 1. The smallest absolute Gasteiger partial charge is 0.355 e. The van der Waals surface area contributed by atoms with Crippen molar-refractivity contribution in [1.82, 2.24) is 15.3 Å². The number of carbonyl (C=O) groups excluding carboxylic acids is 1. The van der Waals surface area contributed by atoms with Crippen molar-refractivity contribution in [3.8, 4) is 0 Å². The first-order chi connectivity index (χ1) is 13.3. The SMILES string of the molecule is O=C(Cc1cccc2cccnc12)NCCSc1ncc(C(F)(F)F)cc1Cl. The third-order valence-corrected chi connectivity index (χ3v) is 5.27. The van der Waals surface area contributed by atoms with Crippen molar-refractivity contribution in [2.24, 2.45) is 0 Å². The number of hydrogen-bond acceptors (Lipinski definition) is 4. The Kier molecular flexibility index (Phi) is 6.41. The van der Waals surface area contributed by atoms with Crippen molar-refractivity contribution in [1.29, 1.82) is 0 Å². The Morgan fingerprint density at radius 3 is 2.71 bits per heavy atom. The fraction of sp³-hybridized carbons (Fsp3) is 0.211. The first-order valence-corrected chi connectivity index (χ1v) is 9.66. The van der Waals surface area contributed by atoms with Gasteiger partial charge >= 0.3 is 6.18 Å². The van der Waals surface area contributed by atoms with Crippen molar-refractivity contribution < 1.29 is 18.0 Å². The number of hydrogen-bond donors (Lipinski definition) is 1. The molecule has 0 saturated carbocycles.